The van der Waals surface area contributed by atoms with Crippen molar-refractivity contribution in [2.45, 2.75) is 45.4 Å². The zero-order chi connectivity index (χ0) is 22.8. The van der Waals surface area contributed by atoms with Crippen LogP contribution in [0.2, 0.25) is 0 Å². The van der Waals surface area contributed by atoms with Crippen LogP contribution in [0, 0.1) is 13.8 Å². The summed E-state index contributed by atoms with van der Waals surface area (Å²) < 4.78 is 36.6. The second kappa shape index (κ2) is 9.22. The molecular formula is C23H25F2N3O4. The van der Waals surface area contributed by atoms with E-state index in [1.54, 1.807) is 6.07 Å². The van der Waals surface area contributed by atoms with Gasteiger partial charge in [-0.1, -0.05) is 23.8 Å². The summed E-state index contributed by atoms with van der Waals surface area (Å²) in [4.78, 5) is 20.5. The smallest absolute Gasteiger partial charge is 0.387 e. The number of ether oxygens (including phenoxy) is 2. The second-order valence-electron chi connectivity index (χ2n) is 8.01. The van der Waals surface area contributed by atoms with E-state index in [1.807, 2.05) is 26.0 Å². The Morgan fingerprint density at radius 1 is 1.34 bits per heavy atom. The number of aliphatic hydroxyl groups excluding tert-OH is 1. The molecule has 32 heavy (non-hydrogen) atoms. The Morgan fingerprint density at radius 2 is 2.16 bits per heavy atom. The first-order valence-electron chi connectivity index (χ1n) is 10.4. The Balaban J connectivity index is 1.77. The largest absolute Gasteiger partial charge is 0.431 e. The molecule has 1 aliphatic rings. The van der Waals surface area contributed by atoms with Crippen LogP contribution in [0.5, 0.6) is 5.75 Å². The van der Waals surface area contributed by atoms with E-state index in [1.165, 1.54) is 12.4 Å². The number of hydrogen-bond acceptors (Lipinski definition) is 6. The summed E-state index contributed by atoms with van der Waals surface area (Å²) in [5.41, 5.74) is 3.34. The molecule has 3 N–H and O–H groups in total. The standard InChI is InChI=1S/C23H25F2N3O4/c1-12-3-6-16(13(2)7-12)21(30)17-8-26-22-19(17)20(18(9-27-22)32-23(24)25)28-14-4-5-15(10-29)31-11-14/h3,6-9,14-15,23,29H,4-5,10-11H2,1-2H3,(H2,26,27,28)/t14-,15+/m1/s1. The van der Waals surface area contributed by atoms with E-state index in [-0.39, 0.29) is 42.6 Å². The maximum atomic E-state index is 13.4. The number of benzene rings is 1. The van der Waals surface area contributed by atoms with Gasteiger partial charge >= 0.3 is 6.61 Å². The molecule has 4 rings (SSSR count). The van der Waals surface area contributed by atoms with E-state index >= 15 is 0 Å². The number of rotatable bonds is 7. The van der Waals surface area contributed by atoms with Crippen LogP contribution in [0.4, 0.5) is 14.5 Å². The van der Waals surface area contributed by atoms with Crippen molar-refractivity contribution in [1.29, 1.82) is 0 Å². The number of hydrogen-bond donors (Lipinski definition) is 3. The van der Waals surface area contributed by atoms with E-state index in [0.29, 0.717) is 35.0 Å². The lowest BCUT2D eigenvalue weighted by atomic mass is 9.97. The van der Waals surface area contributed by atoms with Gasteiger partial charge in [0.25, 0.3) is 0 Å². The highest BCUT2D eigenvalue weighted by molar-refractivity contribution is 6.19. The van der Waals surface area contributed by atoms with Crippen molar-refractivity contribution < 1.29 is 28.2 Å². The number of halogens is 2. The summed E-state index contributed by atoms with van der Waals surface area (Å²) in [5, 5.41) is 12.9. The Morgan fingerprint density at radius 3 is 2.81 bits per heavy atom. The van der Waals surface area contributed by atoms with Crippen LogP contribution < -0.4 is 10.1 Å². The summed E-state index contributed by atoms with van der Waals surface area (Å²) in [5.74, 6) is -0.390. The third kappa shape index (κ3) is 4.44. The average molecular weight is 445 g/mol. The van der Waals surface area contributed by atoms with Gasteiger partial charge in [0, 0.05) is 17.8 Å². The second-order valence-corrected chi connectivity index (χ2v) is 8.01. The van der Waals surface area contributed by atoms with Crippen molar-refractivity contribution in [1.82, 2.24) is 9.97 Å². The Bertz CT molecular complexity index is 1120. The molecule has 7 nitrogen and oxygen atoms in total. The van der Waals surface area contributed by atoms with Crippen LogP contribution in [-0.2, 0) is 4.74 Å². The minimum Gasteiger partial charge on any atom is -0.431 e. The van der Waals surface area contributed by atoms with Crippen molar-refractivity contribution in [3.05, 3.63) is 52.8 Å². The van der Waals surface area contributed by atoms with Crippen LogP contribution >= 0.6 is 0 Å². The number of aromatic amines is 1. The molecular weight excluding hydrogens is 420 g/mol. The van der Waals surface area contributed by atoms with E-state index in [2.05, 4.69) is 15.3 Å². The highest BCUT2D eigenvalue weighted by Crippen LogP contribution is 2.37. The number of carbonyl (C=O) groups is 1. The van der Waals surface area contributed by atoms with Gasteiger partial charge in [0.1, 0.15) is 5.65 Å². The summed E-state index contributed by atoms with van der Waals surface area (Å²) in [6.45, 7) is 0.968. The van der Waals surface area contributed by atoms with Gasteiger partial charge in [0.05, 0.1) is 42.2 Å². The van der Waals surface area contributed by atoms with Crippen LogP contribution in [0.15, 0.2) is 30.6 Å². The molecule has 2 atom stereocenters. The number of aliphatic hydroxyl groups is 1. The van der Waals surface area contributed by atoms with Gasteiger partial charge in [0.2, 0.25) is 0 Å². The van der Waals surface area contributed by atoms with Crippen molar-refractivity contribution in [3.8, 4) is 5.75 Å². The van der Waals surface area contributed by atoms with Crippen molar-refractivity contribution in [2.75, 3.05) is 18.5 Å². The molecule has 1 fully saturated rings. The molecule has 0 aliphatic carbocycles. The zero-order valence-corrected chi connectivity index (χ0v) is 17.8. The number of carbonyl (C=O) groups excluding carboxylic acids is 1. The number of fused-ring (bicyclic) bond motifs is 1. The lowest BCUT2D eigenvalue weighted by molar-refractivity contribution is -0.0497. The first-order chi connectivity index (χ1) is 15.4. The normalized spacial score (nSPS) is 18.8. The van der Waals surface area contributed by atoms with Crippen LogP contribution in [0.1, 0.15) is 39.9 Å². The van der Waals surface area contributed by atoms with E-state index in [0.717, 1.165) is 11.1 Å². The molecule has 3 aromatic rings. The molecule has 0 bridgehead atoms. The Hall–Kier alpha value is -3.04. The third-order valence-corrected chi connectivity index (χ3v) is 5.68. The van der Waals surface area contributed by atoms with Crippen LogP contribution in [0.3, 0.4) is 0 Å². The van der Waals surface area contributed by atoms with Gasteiger partial charge < -0.3 is 24.9 Å². The molecule has 1 aliphatic heterocycles. The summed E-state index contributed by atoms with van der Waals surface area (Å²) >= 11 is 0. The molecule has 9 heteroatoms. The number of nitrogens with zero attached hydrogens (tertiary/aromatic N) is 1. The molecule has 0 unspecified atom stereocenters. The molecule has 0 spiro atoms. The average Bonchev–Trinajstić information content (AvgIpc) is 3.19. The summed E-state index contributed by atoms with van der Waals surface area (Å²) in [6, 6.07) is 5.33. The van der Waals surface area contributed by atoms with E-state index in [4.69, 9.17) is 9.47 Å². The molecule has 0 radical (unpaired) electrons. The predicted molar refractivity (Wildman–Crippen MR) is 116 cm³/mol. The minimum absolute atomic E-state index is 0.0711. The molecule has 0 saturated carbocycles. The number of H-pyrrole nitrogens is 1. The van der Waals surface area contributed by atoms with Gasteiger partial charge in [-0.05, 0) is 32.3 Å². The fourth-order valence-electron chi connectivity index (χ4n) is 4.07. The van der Waals surface area contributed by atoms with Crippen molar-refractivity contribution >= 4 is 22.5 Å². The molecule has 170 valence electrons. The number of nitrogens with one attached hydrogen (secondary N) is 2. The number of alkyl halides is 2. The third-order valence-electron chi connectivity index (χ3n) is 5.68. The van der Waals surface area contributed by atoms with Gasteiger partial charge in [-0.25, -0.2) is 4.98 Å². The maximum absolute atomic E-state index is 13.4. The molecule has 2 aromatic heterocycles. The Labute approximate surface area is 183 Å². The van der Waals surface area contributed by atoms with Gasteiger partial charge in [-0.3, -0.25) is 4.79 Å². The first-order valence-corrected chi connectivity index (χ1v) is 10.4. The maximum Gasteiger partial charge on any atom is 0.387 e. The number of ketones is 1. The van der Waals surface area contributed by atoms with Gasteiger partial charge in [-0.15, -0.1) is 0 Å². The topological polar surface area (TPSA) is 96.5 Å². The zero-order valence-electron chi connectivity index (χ0n) is 17.8. The molecule has 1 saturated heterocycles. The molecule has 1 aromatic carbocycles. The number of pyridine rings is 1. The number of aryl methyl sites for hydroxylation is 2. The first kappa shape index (κ1) is 22.2. The SMILES string of the molecule is Cc1ccc(C(=O)c2c[nH]c3ncc(OC(F)F)c(N[C@@H]4CC[C@@H](CO)OC4)c23)c(C)c1. The fourth-order valence-corrected chi connectivity index (χ4v) is 4.07. The minimum atomic E-state index is -3.05. The van der Waals surface area contributed by atoms with Crippen LogP contribution in [0.25, 0.3) is 11.0 Å². The van der Waals surface area contributed by atoms with Crippen molar-refractivity contribution in [2.24, 2.45) is 0 Å². The Kier molecular flexibility index (Phi) is 6.38. The predicted octanol–water partition coefficient (Wildman–Crippen LogP) is 3.96. The fraction of sp³-hybridized carbons (Fsp3) is 0.391. The molecule has 3 heterocycles. The quantitative estimate of drug-likeness (QED) is 0.477. The monoisotopic (exact) mass is 445 g/mol. The summed E-state index contributed by atoms with van der Waals surface area (Å²) in [6.07, 6.45) is 3.79. The lowest BCUT2D eigenvalue weighted by Gasteiger charge is -2.30. The highest BCUT2D eigenvalue weighted by Gasteiger charge is 2.27. The number of aromatic nitrogens is 2. The van der Waals surface area contributed by atoms with E-state index < -0.39 is 6.61 Å². The highest BCUT2D eigenvalue weighted by atomic mass is 19.3. The van der Waals surface area contributed by atoms with Gasteiger partial charge in [-0.2, -0.15) is 8.78 Å². The van der Waals surface area contributed by atoms with Gasteiger partial charge in [0.15, 0.2) is 11.5 Å². The number of anilines is 1. The van der Waals surface area contributed by atoms with Crippen molar-refractivity contribution in [3.63, 3.8) is 0 Å². The van der Waals surface area contributed by atoms with Crippen LogP contribution in [-0.4, -0.2) is 52.8 Å². The summed E-state index contributed by atoms with van der Waals surface area (Å²) in [7, 11) is 0. The lowest BCUT2D eigenvalue weighted by Crippen LogP contribution is -2.36. The van der Waals surface area contributed by atoms with E-state index in [9.17, 15) is 18.7 Å². The molecule has 0 amide bonds.